The smallest absolute Gasteiger partial charge is 0.327 e. The SMILES string of the molecule is COc1ccc(OC)c(C(c2cc(OC)ccc2OC)[C@H](C)OC[C@@](C)(C=O)NC(=O)c2c(O)c(OC)cc[n+]2[O-])c1. The van der Waals surface area contributed by atoms with Gasteiger partial charge in [0.2, 0.25) is 5.75 Å². The summed E-state index contributed by atoms with van der Waals surface area (Å²) in [5.41, 5.74) is -0.798. The van der Waals surface area contributed by atoms with E-state index in [1.807, 2.05) is 12.1 Å². The zero-order valence-corrected chi connectivity index (χ0v) is 24.6. The monoisotopic (exact) mass is 584 g/mol. The summed E-state index contributed by atoms with van der Waals surface area (Å²) >= 11 is 0. The Morgan fingerprint density at radius 1 is 0.929 bits per heavy atom. The molecule has 42 heavy (non-hydrogen) atoms. The summed E-state index contributed by atoms with van der Waals surface area (Å²) in [6.45, 7) is 2.95. The van der Waals surface area contributed by atoms with Gasteiger partial charge in [-0.3, -0.25) is 4.79 Å². The molecule has 0 fully saturated rings. The van der Waals surface area contributed by atoms with Gasteiger partial charge in [0, 0.05) is 23.1 Å². The van der Waals surface area contributed by atoms with Gasteiger partial charge in [-0.15, -0.1) is 0 Å². The number of aromatic nitrogens is 1. The number of methoxy groups -OCH3 is 5. The molecule has 0 aliphatic heterocycles. The van der Waals surface area contributed by atoms with E-state index in [0.29, 0.717) is 40.4 Å². The first kappa shape index (κ1) is 31.8. The minimum absolute atomic E-state index is 0.0766. The average molecular weight is 585 g/mol. The van der Waals surface area contributed by atoms with Gasteiger partial charge in [-0.1, -0.05) is 0 Å². The highest BCUT2D eigenvalue weighted by Gasteiger charge is 2.36. The summed E-state index contributed by atoms with van der Waals surface area (Å²) < 4.78 is 33.7. The molecule has 0 aliphatic carbocycles. The summed E-state index contributed by atoms with van der Waals surface area (Å²) in [6, 6.07) is 11.9. The van der Waals surface area contributed by atoms with Crippen LogP contribution in [-0.2, 0) is 9.53 Å². The third-order valence-corrected chi connectivity index (χ3v) is 6.79. The molecule has 2 N–H and O–H groups in total. The van der Waals surface area contributed by atoms with E-state index in [2.05, 4.69) is 5.32 Å². The molecule has 0 aliphatic rings. The highest BCUT2D eigenvalue weighted by atomic mass is 16.5. The molecule has 1 aromatic heterocycles. The second-order valence-electron chi connectivity index (χ2n) is 9.61. The molecular formula is C30H36N2O10. The number of hydrogen-bond acceptors (Lipinski definition) is 10. The number of aldehydes is 1. The van der Waals surface area contributed by atoms with Crippen LogP contribution in [0.3, 0.4) is 0 Å². The lowest BCUT2D eigenvalue weighted by Gasteiger charge is -2.31. The number of hydrogen-bond donors (Lipinski definition) is 2. The van der Waals surface area contributed by atoms with Gasteiger partial charge in [0.15, 0.2) is 11.9 Å². The number of aromatic hydroxyl groups is 1. The highest BCUT2D eigenvalue weighted by molar-refractivity contribution is 5.96. The van der Waals surface area contributed by atoms with Gasteiger partial charge in [-0.05, 0) is 50.2 Å². The predicted octanol–water partition coefficient (Wildman–Crippen LogP) is 2.99. The molecule has 3 rings (SSSR count). The highest BCUT2D eigenvalue weighted by Crippen LogP contribution is 2.42. The standard InChI is InChI=1S/C30H36N2O10/c1-18(42-17-30(2,16-33)31-29(35)27-28(34)25(41-7)12-13-32(27)36)26(21-14-19(37-3)8-10-23(21)39-5)22-15-20(38-4)9-11-24(22)40-6/h8-16,18,26,34H,17H2,1-7H3,(H,31,35)/t18-,30+/m0/s1. The number of carbonyl (C=O) groups is 2. The van der Waals surface area contributed by atoms with Gasteiger partial charge in [0.05, 0.1) is 48.3 Å². The number of amides is 1. The summed E-state index contributed by atoms with van der Waals surface area (Å²) in [6.07, 6.45) is 0.868. The van der Waals surface area contributed by atoms with E-state index < -0.39 is 34.9 Å². The largest absolute Gasteiger partial charge is 0.618 e. The molecule has 1 heterocycles. The first-order chi connectivity index (χ1) is 20.1. The minimum atomic E-state index is -1.59. The topological polar surface area (TPSA) is 149 Å². The number of carbonyl (C=O) groups excluding carboxylic acids is 2. The normalized spacial score (nSPS) is 13.0. The molecule has 2 atom stereocenters. The third-order valence-electron chi connectivity index (χ3n) is 6.79. The molecule has 3 aromatic rings. The van der Waals surface area contributed by atoms with Gasteiger partial charge in [-0.25, -0.2) is 0 Å². The molecule has 0 radical (unpaired) electrons. The zero-order chi connectivity index (χ0) is 31.0. The first-order valence-electron chi connectivity index (χ1n) is 12.9. The molecule has 0 saturated heterocycles. The maximum Gasteiger partial charge on any atom is 0.327 e. The van der Waals surface area contributed by atoms with E-state index in [1.165, 1.54) is 20.1 Å². The minimum Gasteiger partial charge on any atom is -0.618 e. The van der Waals surface area contributed by atoms with Crippen LogP contribution in [0.4, 0.5) is 0 Å². The Morgan fingerprint density at radius 3 is 1.90 bits per heavy atom. The van der Waals surface area contributed by atoms with Crippen molar-refractivity contribution in [3.63, 3.8) is 0 Å². The number of rotatable bonds is 14. The van der Waals surface area contributed by atoms with Crippen LogP contribution in [-0.4, -0.2) is 71.1 Å². The Hall–Kier alpha value is -4.71. The maximum absolute atomic E-state index is 13.0. The van der Waals surface area contributed by atoms with Crippen LogP contribution in [0.1, 0.15) is 41.4 Å². The summed E-state index contributed by atoms with van der Waals surface area (Å²) in [5.74, 6) is 0.0168. The van der Waals surface area contributed by atoms with Crippen molar-refractivity contribution in [3.05, 3.63) is 70.7 Å². The van der Waals surface area contributed by atoms with Gasteiger partial charge in [-0.2, -0.15) is 4.73 Å². The number of benzene rings is 2. The van der Waals surface area contributed by atoms with Gasteiger partial charge in [0.25, 0.3) is 0 Å². The maximum atomic E-state index is 13.0. The van der Waals surface area contributed by atoms with Crippen molar-refractivity contribution in [2.24, 2.45) is 0 Å². The van der Waals surface area contributed by atoms with Crippen LogP contribution in [0, 0.1) is 5.21 Å². The second-order valence-corrected chi connectivity index (χ2v) is 9.61. The number of nitrogens with zero attached hydrogens (tertiary/aromatic N) is 1. The van der Waals surface area contributed by atoms with E-state index >= 15 is 0 Å². The summed E-state index contributed by atoms with van der Waals surface area (Å²) in [5, 5.41) is 25.2. The van der Waals surface area contributed by atoms with Gasteiger partial charge >= 0.3 is 11.6 Å². The fraction of sp³-hybridized carbons (Fsp3) is 0.367. The molecule has 1 amide bonds. The number of pyridine rings is 1. The quantitative estimate of drug-likeness (QED) is 0.165. The third kappa shape index (κ3) is 6.77. The van der Waals surface area contributed by atoms with E-state index in [1.54, 1.807) is 59.6 Å². The Kier molecular flexibility index (Phi) is 10.4. The number of nitrogens with one attached hydrogen (secondary N) is 1. The van der Waals surface area contributed by atoms with Crippen molar-refractivity contribution in [1.82, 2.24) is 5.32 Å². The van der Waals surface area contributed by atoms with Crippen molar-refractivity contribution in [2.75, 3.05) is 42.2 Å². The van der Waals surface area contributed by atoms with Gasteiger partial charge in [0.1, 0.15) is 34.8 Å². The molecule has 0 bridgehead atoms. The first-order valence-corrected chi connectivity index (χ1v) is 12.9. The van der Waals surface area contributed by atoms with E-state index in [9.17, 15) is 19.9 Å². The van der Waals surface area contributed by atoms with Crippen molar-refractivity contribution in [1.29, 1.82) is 0 Å². The Balaban J connectivity index is 2.00. The van der Waals surface area contributed by atoms with E-state index in [-0.39, 0.29) is 17.1 Å². The lowest BCUT2D eigenvalue weighted by molar-refractivity contribution is -0.608. The molecular weight excluding hydrogens is 548 g/mol. The lowest BCUT2D eigenvalue weighted by atomic mass is 9.85. The van der Waals surface area contributed by atoms with Crippen molar-refractivity contribution >= 4 is 12.2 Å². The molecule has 0 unspecified atom stereocenters. The Morgan fingerprint density at radius 2 is 1.45 bits per heavy atom. The second kappa shape index (κ2) is 13.8. The molecule has 0 saturated carbocycles. The molecule has 12 heteroatoms. The molecule has 12 nitrogen and oxygen atoms in total. The Labute approximate surface area is 244 Å². The van der Waals surface area contributed by atoms with Crippen LogP contribution < -0.4 is 33.7 Å². The predicted molar refractivity (Wildman–Crippen MR) is 152 cm³/mol. The van der Waals surface area contributed by atoms with E-state index in [4.69, 9.17) is 28.4 Å². The molecule has 2 aromatic carbocycles. The van der Waals surface area contributed by atoms with Crippen LogP contribution in [0.15, 0.2) is 48.7 Å². The van der Waals surface area contributed by atoms with Crippen LogP contribution in [0.25, 0.3) is 0 Å². The van der Waals surface area contributed by atoms with Crippen LogP contribution >= 0.6 is 0 Å². The average Bonchev–Trinajstić information content (AvgIpc) is 3.00. The fourth-order valence-corrected chi connectivity index (χ4v) is 4.54. The summed E-state index contributed by atoms with van der Waals surface area (Å²) in [4.78, 5) is 25.3. The molecule has 226 valence electrons. The van der Waals surface area contributed by atoms with Crippen LogP contribution in [0.5, 0.6) is 34.5 Å². The number of ether oxygens (including phenoxy) is 6. The van der Waals surface area contributed by atoms with Crippen molar-refractivity contribution in [3.8, 4) is 34.5 Å². The summed E-state index contributed by atoms with van der Waals surface area (Å²) in [7, 11) is 7.48. The fourth-order valence-electron chi connectivity index (χ4n) is 4.54. The zero-order valence-electron chi connectivity index (χ0n) is 24.6. The van der Waals surface area contributed by atoms with E-state index in [0.717, 1.165) is 6.20 Å². The molecule has 0 spiro atoms. The van der Waals surface area contributed by atoms with Gasteiger partial charge < -0.3 is 48.8 Å². The van der Waals surface area contributed by atoms with Crippen LogP contribution in [0.2, 0.25) is 0 Å². The van der Waals surface area contributed by atoms with Crippen molar-refractivity contribution in [2.45, 2.75) is 31.4 Å². The Bertz CT molecular complexity index is 1360. The van der Waals surface area contributed by atoms with Crippen molar-refractivity contribution < 1.29 is 47.8 Å². The lowest BCUT2D eigenvalue weighted by Crippen LogP contribution is -2.54.